The van der Waals surface area contributed by atoms with E-state index in [2.05, 4.69) is 0 Å². The molecule has 0 bridgehead atoms. The molecule has 0 saturated carbocycles. The molecule has 0 radical (unpaired) electrons. The lowest BCUT2D eigenvalue weighted by molar-refractivity contribution is 0.511. The van der Waals surface area contributed by atoms with Crippen LogP contribution in [-0.4, -0.2) is 32.9 Å². The topological polar surface area (TPSA) is 66.6 Å². The van der Waals surface area contributed by atoms with Crippen molar-refractivity contribution in [3.05, 3.63) is 29.6 Å². The van der Waals surface area contributed by atoms with Crippen molar-refractivity contribution in [3.8, 4) is 0 Å². The number of anilines is 1. The lowest BCUT2D eigenvalue weighted by Crippen LogP contribution is -2.31. The van der Waals surface area contributed by atoms with E-state index in [9.17, 15) is 12.8 Å². The van der Waals surface area contributed by atoms with Gasteiger partial charge in [0.05, 0.1) is 5.69 Å². The zero-order chi connectivity index (χ0) is 12.6. The van der Waals surface area contributed by atoms with E-state index >= 15 is 0 Å². The molecule has 0 amide bonds. The molecule has 0 aliphatic carbocycles. The van der Waals surface area contributed by atoms with E-state index < -0.39 is 16.0 Å². The maximum atomic E-state index is 13.2. The summed E-state index contributed by atoms with van der Waals surface area (Å²) < 4.78 is 39.6. The van der Waals surface area contributed by atoms with E-state index in [0.29, 0.717) is 24.3 Å². The molecule has 0 spiro atoms. The number of rotatable bonds is 2. The van der Waals surface area contributed by atoms with E-state index in [1.54, 1.807) is 0 Å². The molecule has 94 valence electrons. The molecular formula is C10H14FN3O2S. The van der Waals surface area contributed by atoms with Crippen LogP contribution in [0, 0.1) is 5.82 Å². The minimum atomic E-state index is -3.52. The predicted molar refractivity (Wildman–Crippen MR) is 63.2 cm³/mol. The second-order valence-electron chi connectivity index (χ2n) is 3.88. The van der Waals surface area contributed by atoms with Crippen LogP contribution in [0.5, 0.6) is 0 Å². The molecular weight excluding hydrogens is 245 g/mol. The molecule has 2 N–H and O–H groups in total. The van der Waals surface area contributed by atoms with Gasteiger partial charge in [0.15, 0.2) is 0 Å². The Morgan fingerprint density at radius 2 is 2.12 bits per heavy atom. The van der Waals surface area contributed by atoms with Crippen LogP contribution in [0.4, 0.5) is 10.1 Å². The molecule has 17 heavy (non-hydrogen) atoms. The van der Waals surface area contributed by atoms with Gasteiger partial charge in [0.25, 0.3) is 0 Å². The third-order valence-electron chi connectivity index (χ3n) is 2.83. The van der Waals surface area contributed by atoms with Crippen LogP contribution in [0.25, 0.3) is 0 Å². The smallest absolute Gasteiger partial charge is 0.303 e. The Labute approximate surface area is 99.8 Å². The number of nitrogens with two attached hydrogens (primary N) is 1. The maximum absolute atomic E-state index is 13.2. The minimum Gasteiger partial charge on any atom is -0.326 e. The van der Waals surface area contributed by atoms with Crippen LogP contribution in [0.2, 0.25) is 0 Å². The molecule has 0 atom stereocenters. The molecule has 1 aliphatic heterocycles. The molecule has 1 heterocycles. The molecule has 1 aliphatic rings. The quantitative estimate of drug-likeness (QED) is 0.829. The van der Waals surface area contributed by atoms with E-state index in [4.69, 9.17) is 5.73 Å². The maximum Gasteiger partial charge on any atom is 0.303 e. The van der Waals surface area contributed by atoms with Gasteiger partial charge in [-0.2, -0.15) is 12.7 Å². The van der Waals surface area contributed by atoms with Crippen molar-refractivity contribution >= 4 is 15.9 Å². The van der Waals surface area contributed by atoms with E-state index in [0.717, 1.165) is 0 Å². The van der Waals surface area contributed by atoms with Crippen molar-refractivity contribution in [3.63, 3.8) is 0 Å². The molecule has 5 nitrogen and oxygen atoms in total. The van der Waals surface area contributed by atoms with E-state index in [-0.39, 0.29) is 6.54 Å². The Balaban J connectivity index is 2.51. The molecule has 1 fully saturated rings. The molecule has 1 saturated heterocycles. The Hall–Kier alpha value is -1.18. The highest BCUT2D eigenvalue weighted by molar-refractivity contribution is 7.90. The van der Waals surface area contributed by atoms with Gasteiger partial charge in [0, 0.05) is 26.7 Å². The van der Waals surface area contributed by atoms with Crippen molar-refractivity contribution in [1.82, 2.24) is 4.31 Å². The van der Waals surface area contributed by atoms with Crippen LogP contribution < -0.4 is 10.0 Å². The van der Waals surface area contributed by atoms with Gasteiger partial charge in [-0.15, -0.1) is 0 Å². The van der Waals surface area contributed by atoms with Gasteiger partial charge in [-0.05, 0) is 17.7 Å². The Kier molecular flexibility index (Phi) is 3.07. The number of likely N-dealkylation sites (N-methyl/N-ethyl adjacent to an activating group) is 1. The zero-order valence-electron chi connectivity index (χ0n) is 9.43. The van der Waals surface area contributed by atoms with Gasteiger partial charge in [-0.3, -0.25) is 4.31 Å². The largest absolute Gasteiger partial charge is 0.326 e. The monoisotopic (exact) mass is 259 g/mol. The summed E-state index contributed by atoms with van der Waals surface area (Å²) >= 11 is 0. The van der Waals surface area contributed by atoms with E-state index in [1.165, 1.54) is 33.9 Å². The van der Waals surface area contributed by atoms with Crippen LogP contribution in [-0.2, 0) is 16.8 Å². The first-order chi connectivity index (χ1) is 7.96. The van der Waals surface area contributed by atoms with Crippen LogP contribution in [0.1, 0.15) is 5.56 Å². The second-order valence-corrected chi connectivity index (χ2v) is 5.84. The fourth-order valence-electron chi connectivity index (χ4n) is 1.82. The fourth-order valence-corrected chi connectivity index (χ4v) is 3.20. The normalized spacial score (nSPS) is 19.8. The number of nitrogens with zero attached hydrogens (tertiary/aromatic N) is 2. The SMILES string of the molecule is CN1CCN(c2cc(F)ccc2CN)S1(=O)=O. The number of benzene rings is 1. The Morgan fingerprint density at radius 3 is 2.65 bits per heavy atom. The summed E-state index contributed by atoms with van der Waals surface area (Å²) in [6.45, 7) is 0.878. The number of hydrogen-bond donors (Lipinski definition) is 1. The van der Waals surface area contributed by atoms with Gasteiger partial charge in [-0.25, -0.2) is 4.39 Å². The first kappa shape index (κ1) is 12.3. The third-order valence-corrected chi connectivity index (χ3v) is 4.73. The van der Waals surface area contributed by atoms with Crippen LogP contribution in [0.3, 0.4) is 0 Å². The van der Waals surface area contributed by atoms with Crippen molar-refractivity contribution in [1.29, 1.82) is 0 Å². The molecule has 7 heteroatoms. The van der Waals surface area contributed by atoms with Crippen molar-refractivity contribution in [2.75, 3.05) is 24.4 Å². The lowest BCUT2D eigenvalue weighted by atomic mass is 10.1. The van der Waals surface area contributed by atoms with Crippen LogP contribution in [0.15, 0.2) is 18.2 Å². The fraction of sp³-hybridized carbons (Fsp3) is 0.400. The lowest BCUT2D eigenvalue weighted by Gasteiger charge is -2.20. The summed E-state index contributed by atoms with van der Waals surface area (Å²) in [6.07, 6.45) is 0. The van der Waals surface area contributed by atoms with Gasteiger partial charge >= 0.3 is 10.2 Å². The predicted octanol–water partition coefficient (Wildman–Crippen LogP) is 0.281. The van der Waals surface area contributed by atoms with Gasteiger partial charge in [0.1, 0.15) is 5.82 Å². The van der Waals surface area contributed by atoms with Gasteiger partial charge in [-0.1, -0.05) is 6.07 Å². The molecule has 1 aromatic carbocycles. The minimum absolute atomic E-state index is 0.172. The van der Waals surface area contributed by atoms with Crippen molar-refractivity contribution in [2.24, 2.45) is 5.73 Å². The highest BCUT2D eigenvalue weighted by atomic mass is 32.2. The molecule has 1 aromatic rings. The second kappa shape index (κ2) is 4.25. The zero-order valence-corrected chi connectivity index (χ0v) is 10.2. The Bertz CT molecular complexity index is 532. The molecule has 0 aromatic heterocycles. The first-order valence-electron chi connectivity index (χ1n) is 5.19. The summed E-state index contributed by atoms with van der Waals surface area (Å²) in [5.74, 6) is -0.470. The summed E-state index contributed by atoms with van der Waals surface area (Å²) in [6, 6.07) is 4.00. The summed E-state index contributed by atoms with van der Waals surface area (Å²) in [5.41, 5.74) is 6.48. The van der Waals surface area contributed by atoms with E-state index in [1.807, 2.05) is 0 Å². The number of halogens is 1. The molecule has 0 unspecified atom stereocenters. The third kappa shape index (κ3) is 2.01. The molecule has 2 rings (SSSR count). The highest BCUT2D eigenvalue weighted by Gasteiger charge is 2.34. The van der Waals surface area contributed by atoms with Crippen molar-refractivity contribution in [2.45, 2.75) is 6.54 Å². The Morgan fingerprint density at radius 1 is 1.41 bits per heavy atom. The van der Waals surface area contributed by atoms with Crippen LogP contribution >= 0.6 is 0 Å². The first-order valence-corrected chi connectivity index (χ1v) is 6.59. The standard InChI is InChI=1S/C10H14FN3O2S/c1-13-4-5-14(17(13,15)16)10-6-9(11)3-2-8(10)7-12/h2-3,6H,4-5,7,12H2,1H3. The summed E-state index contributed by atoms with van der Waals surface area (Å²) in [5, 5.41) is 0. The average Bonchev–Trinajstić information content (AvgIpc) is 2.54. The highest BCUT2D eigenvalue weighted by Crippen LogP contribution is 2.28. The summed E-state index contributed by atoms with van der Waals surface area (Å²) in [4.78, 5) is 0. The summed E-state index contributed by atoms with van der Waals surface area (Å²) in [7, 11) is -2.03. The average molecular weight is 259 g/mol. The number of hydrogen-bond acceptors (Lipinski definition) is 3. The van der Waals surface area contributed by atoms with Crippen molar-refractivity contribution < 1.29 is 12.8 Å². The van der Waals surface area contributed by atoms with Gasteiger partial charge in [0.2, 0.25) is 0 Å². The van der Waals surface area contributed by atoms with Gasteiger partial charge < -0.3 is 5.73 Å².